The van der Waals surface area contributed by atoms with Gasteiger partial charge in [0.25, 0.3) is 0 Å². The van der Waals surface area contributed by atoms with Gasteiger partial charge in [-0.05, 0) is 60.0 Å². The molecule has 0 N–H and O–H groups in total. The van der Waals surface area contributed by atoms with Crippen molar-refractivity contribution in [2.45, 2.75) is 19.3 Å². The van der Waals surface area contributed by atoms with Gasteiger partial charge in [0.05, 0.1) is 11.2 Å². The van der Waals surface area contributed by atoms with Crippen molar-refractivity contribution in [2.75, 3.05) is 11.9 Å². The van der Waals surface area contributed by atoms with Crippen LogP contribution >= 0.6 is 0 Å². The highest BCUT2D eigenvalue weighted by Crippen LogP contribution is 2.31. The number of benzene rings is 2. The Hall–Kier alpha value is -4.13. The van der Waals surface area contributed by atoms with Crippen LogP contribution in [0.5, 0.6) is 0 Å². The largest absolute Gasteiger partial charge is 0.315 e. The number of hydrogen-bond donors (Lipinski definition) is 0. The summed E-state index contributed by atoms with van der Waals surface area (Å²) in [7, 11) is 1.83. The van der Waals surface area contributed by atoms with E-state index in [0.29, 0.717) is 12.8 Å². The molecule has 0 unspecified atom stereocenters. The van der Waals surface area contributed by atoms with E-state index in [9.17, 15) is 4.79 Å². The van der Waals surface area contributed by atoms with Crippen molar-refractivity contribution in [3.63, 3.8) is 0 Å². The minimum absolute atomic E-state index is 0.156. The first kappa shape index (κ1) is 18.6. The van der Waals surface area contributed by atoms with Crippen molar-refractivity contribution < 1.29 is 4.79 Å². The summed E-state index contributed by atoms with van der Waals surface area (Å²) >= 11 is 0. The van der Waals surface area contributed by atoms with E-state index in [-0.39, 0.29) is 5.91 Å². The van der Waals surface area contributed by atoms with Crippen molar-refractivity contribution in [1.29, 1.82) is 0 Å². The van der Waals surface area contributed by atoms with Gasteiger partial charge in [0.1, 0.15) is 0 Å². The fraction of sp³-hybridized carbons (Fsp3) is 0.160. The van der Waals surface area contributed by atoms with Crippen LogP contribution in [0.15, 0.2) is 66.9 Å². The second kappa shape index (κ2) is 7.23. The average Bonchev–Trinajstić information content (AvgIpc) is 3.23. The summed E-state index contributed by atoms with van der Waals surface area (Å²) in [5.41, 5.74) is 6.83. The highest BCUT2D eigenvalue weighted by molar-refractivity contribution is 5.96. The fourth-order valence-electron chi connectivity index (χ4n) is 4.33. The molecule has 4 heterocycles. The molecule has 0 fully saturated rings. The number of nitrogens with zero attached hydrogens (tertiary/aromatic N) is 6. The molecule has 6 rings (SSSR count). The summed E-state index contributed by atoms with van der Waals surface area (Å²) < 4.78 is 1.82. The van der Waals surface area contributed by atoms with Crippen molar-refractivity contribution in [3.8, 4) is 11.3 Å². The number of carbonyl (C=O) groups is 1. The van der Waals surface area contributed by atoms with Gasteiger partial charge in [-0.1, -0.05) is 18.2 Å². The van der Waals surface area contributed by atoms with Crippen molar-refractivity contribution in [1.82, 2.24) is 24.8 Å². The monoisotopic (exact) mass is 420 g/mol. The number of rotatable bonds is 3. The molecule has 7 heteroatoms. The van der Waals surface area contributed by atoms with Gasteiger partial charge in [-0.3, -0.25) is 9.78 Å². The Morgan fingerprint density at radius 1 is 0.969 bits per heavy atom. The van der Waals surface area contributed by atoms with Gasteiger partial charge in [-0.15, -0.1) is 10.2 Å². The van der Waals surface area contributed by atoms with E-state index in [2.05, 4.69) is 39.4 Å². The van der Waals surface area contributed by atoms with E-state index >= 15 is 0 Å². The second-order valence-electron chi connectivity index (χ2n) is 8.11. The van der Waals surface area contributed by atoms with Crippen LogP contribution in [-0.2, 0) is 17.6 Å². The van der Waals surface area contributed by atoms with Gasteiger partial charge in [-0.25, -0.2) is 0 Å². The highest BCUT2D eigenvalue weighted by atomic mass is 16.2. The van der Waals surface area contributed by atoms with Gasteiger partial charge in [0, 0.05) is 42.7 Å². The zero-order valence-corrected chi connectivity index (χ0v) is 17.6. The van der Waals surface area contributed by atoms with Crippen LogP contribution in [0, 0.1) is 0 Å². The van der Waals surface area contributed by atoms with Crippen LogP contribution in [0.25, 0.3) is 27.8 Å². The van der Waals surface area contributed by atoms with Crippen LogP contribution in [0.4, 0.5) is 5.69 Å². The van der Waals surface area contributed by atoms with E-state index in [1.54, 1.807) is 11.1 Å². The van der Waals surface area contributed by atoms with Gasteiger partial charge in [-0.2, -0.15) is 9.61 Å². The lowest BCUT2D eigenvalue weighted by molar-refractivity contribution is -0.118. The number of carbonyl (C=O) groups excluding carboxylic acids is 1. The molecule has 0 atom stereocenters. The Morgan fingerprint density at radius 3 is 2.84 bits per heavy atom. The molecule has 0 radical (unpaired) electrons. The van der Waals surface area contributed by atoms with E-state index in [4.69, 9.17) is 5.10 Å². The van der Waals surface area contributed by atoms with Gasteiger partial charge < -0.3 is 4.90 Å². The molecule has 5 aromatic rings. The Balaban J connectivity index is 1.36. The Morgan fingerprint density at radius 2 is 1.91 bits per heavy atom. The predicted octanol–water partition coefficient (Wildman–Crippen LogP) is 3.84. The van der Waals surface area contributed by atoms with Crippen molar-refractivity contribution >= 4 is 28.1 Å². The van der Waals surface area contributed by atoms with E-state index in [0.717, 1.165) is 51.3 Å². The summed E-state index contributed by atoms with van der Waals surface area (Å²) in [5.74, 6) is 0.941. The summed E-state index contributed by atoms with van der Waals surface area (Å²) in [6.07, 6.45) is 3.72. The first-order valence-electron chi connectivity index (χ1n) is 10.6. The van der Waals surface area contributed by atoms with Crippen LogP contribution < -0.4 is 4.90 Å². The molecule has 0 aliphatic carbocycles. The molecule has 0 bridgehead atoms. The first-order valence-corrected chi connectivity index (χ1v) is 10.6. The molecule has 2 aromatic carbocycles. The van der Waals surface area contributed by atoms with Crippen LogP contribution in [0.2, 0.25) is 0 Å². The number of aromatic nitrogens is 5. The van der Waals surface area contributed by atoms with Crippen molar-refractivity contribution in [3.05, 3.63) is 83.8 Å². The maximum absolute atomic E-state index is 12.0. The van der Waals surface area contributed by atoms with E-state index in [1.807, 2.05) is 48.0 Å². The number of anilines is 1. The van der Waals surface area contributed by atoms with E-state index in [1.165, 1.54) is 5.56 Å². The summed E-state index contributed by atoms with van der Waals surface area (Å²) in [6, 6.07) is 20.3. The normalized spacial score (nSPS) is 13.7. The SMILES string of the molecule is CN1C(=O)CCc2cc(-c3ccc4nnc(Cc5ccc6ncccc6c5)n4n3)ccc21. The third kappa shape index (κ3) is 3.10. The molecular weight excluding hydrogens is 400 g/mol. The van der Waals surface area contributed by atoms with Gasteiger partial charge >= 0.3 is 0 Å². The minimum Gasteiger partial charge on any atom is -0.315 e. The van der Waals surface area contributed by atoms with Crippen LogP contribution in [0.3, 0.4) is 0 Å². The standard InChI is InChI=1S/C25H20N6O/c1-30-22-9-5-18(15-19(22)6-11-25(30)32)21-8-10-23-27-28-24(31(23)29-21)14-16-4-7-20-17(13-16)3-2-12-26-20/h2-5,7-10,12-13,15H,6,11,14H2,1H3. The third-order valence-corrected chi connectivity index (χ3v) is 6.08. The molecule has 32 heavy (non-hydrogen) atoms. The number of amides is 1. The molecule has 0 saturated heterocycles. The number of fused-ring (bicyclic) bond motifs is 3. The zero-order chi connectivity index (χ0) is 21.7. The molecule has 0 spiro atoms. The van der Waals surface area contributed by atoms with Gasteiger partial charge in [0.15, 0.2) is 11.5 Å². The Labute approximate surface area is 184 Å². The first-order chi connectivity index (χ1) is 15.7. The van der Waals surface area contributed by atoms with Gasteiger partial charge in [0.2, 0.25) is 5.91 Å². The Bertz CT molecular complexity index is 1510. The summed E-state index contributed by atoms with van der Waals surface area (Å²) in [5, 5.41) is 14.6. The minimum atomic E-state index is 0.156. The molecule has 3 aromatic heterocycles. The molecule has 0 saturated carbocycles. The zero-order valence-electron chi connectivity index (χ0n) is 17.6. The van der Waals surface area contributed by atoms with Crippen molar-refractivity contribution in [2.24, 2.45) is 0 Å². The second-order valence-corrected chi connectivity index (χ2v) is 8.11. The molecule has 156 valence electrons. The fourth-order valence-corrected chi connectivity index (χ4v) is 4.33. The lowest BCUT2D eigenvalue weighted by Crippen LogP contribution is -2.30. The Kier molecular flexibility index (Phi) is 4.21. The lowest BCUT2D eigenvalue weighted by Gasteiger charge is -2.26. The average molecular weight is 420 g/mol. The predicted molar refractivity (Wildman–Crippen MR) is 122 cm³/mol. The smallest absolute Gasteiger partial charge is 0.227 e. The number of hydrogen-bond acceptors (Lipinski definition) is 5. The third-order valence-electron chi connectivity index (χ3n) is 6.08. The number of pyridine rings is 1. The molecule has 1 amide bonds. The van der Waals surface area contributed by atoms with E-state index < -0.39 is 0 Å². The van der Waals surface area contributed by atoms with Crippen LogP contribution in [0.1, 0.15) is 23.4 Å². The lowest BCUT2D eigenvalue weighted by atomic mass is 9.98. The summed E-state index contributed by atoms with van der Waals surface area (Å²) in [6.45, 7) is 0. The molecular formula is C25H20N6O. The highest BCUT2D eigenvalue weighted by Gasteiger charge is 2.21. The maximum Gasteiger partial charge on any atom is 0.227 e. The quantitative estimate of drug-likeness (QED) is 0.443. The molecule has 7 nitrogen and oxygen atoms in total. The van der Waals surface area contributed by atoms with Crippen LogP contribution in [-0.4, -0.2) is 37.8 Å². The molecule has 1 aliphatic rings. The number of aryl methyl sites for hydroxylation is 1. The summed E-state index contributed by atoms with van der Waals surface area (Å²) in [4.78, 5) is 18.1. The maximum atomic E-state index is 12.0. The molecule has 1 aliphatic heterocycles. The topological polar surface area (TPSA) is 76.3 Å².